The fourth-order valence-electron chi connectivity index (χ4n) is 2.11. The SMILES string of the molecule is CNC(Cc1ccncc1)c1cc(Cl)ccc1C. The Morgan fingerprint density at radius 1 is 1.22 bits per heavy atom. The van der Waals surface area contributed by atoms with Gasteiger partial charge >= 0.3 is 0 Å². The van der Waals surface area contributed by atoms with Crippen LogP contribution in [0.5, 0.6) is 0 Å². The lowest BCUT2D eigenvalue weighted by Gasteiger charge is -2.19. The number of hydrogen-bond donors (Lipinski definition) is 1. The van der Waals surface area contributed by atoms with Gasteiger partial charge in [-0.25, -0.2) is 0 Å². The number of aromatic nitrogens is 1. The molecule has 2 aromatic rings. The smallest absolute Gasteiger partial charge is 0.0409 e. The van der Waals surface area contributed by atoms with Crippen molar-refractivity contribution in [2.75, 3.05) is 7.05 Å². The van der Waals surface area contributed by atoms with E-state index in [1.165, 1.54) is 16.7 Å². The molecule has 1 N–H and O–H groups in total. The average molecular weight is 261 g/mol. The Morgan fingerprint density at radius 2 is 1.94 bits per heavy atom. The van der Waals surface area contributed by atoms with E-state index in [4.69, 9.17) is 11.6 Å². The van der Waals surface area contributed by atoms with Gasteiger partial charge in [0.1, 0.15) is 0 Å². The molecule has 94 valence electrons. The summed E-state index contributed by atoms with van der Waals surface area (Å²) in [6, 6.07) is 10.4. The molecule has 0 fully saturated rings. The maximum absolute atomic E-state index is 6.08. The topological polar surface area (TPSA) is 24.9 Å². The zero-order valence-electron chi connectivity index (χ0n) is 10.7. The van der Waals surface area contributed by atoms with Crippen LogP contribution in [-0.4, -0.2) is 12.0 Å². The minimum Gasteiger partial charge on any atom is -0.313 e. The molecule has 1 atom stereocenters. The number of aryl methyl sites for hydroxylation is 1. The average Bonchev–Trinajstić information content (AvgIpc) is 2.40. The molecule has 2 rings (SSSR count). The van der Waals surface area contributed by atoms with Crippen molar-refractivity contribution in [3.8, 4) is 0 Å². The van der Waals surface area contributed by atoms with E-state index >= 15 is 0 Å². The van der Waals surface area contributed by atoms with E-state index in [-0.39, 0.29) is 6.04 Å². The van der Waals surface area contributed by atoms with Crippen molar-refractivity contribution >= 4 is 11.6 Å². The summed E-state index contributed by atoms with van der Waals surface area (Å²) in [5.74, 6) is 0. The van der Waals surface area contributed by atoms with Gasteiger partial charge in [0.2, 0.25) is 0 Å². The first kappa shape index (κ1) is 13.1. The molecule has 0 amide bonds. The normalized spacial score (nSPS) is 12.4. The molecule has 0 saturated heterocycles. The van der Waals surface area contributed by atoms with Crippen LogP contribution in [0.1, 0.15) is 22.7 Å². The first-order valence-electron chi connectivity index (χ1n) is 6.03. The van der Waals surface area contributed by atoms with E-state index in [2.05, 4.69) is 23.3 Å². The van der Waals surface area contributed by atoms with Crippen molar-refractivity contribution in [2.24, 2.45) is 0 Å². The molecule has 1 unspecified atom stereocenters. The Labute approximate surface area is 113 Å². The van der Waals surface area contributed by atoms with E-state index < -0.39 is 0 Å². The lowest BCUT2D eigenvalue weighted by molar-refractivity contribution is 0.588. The molecule has 18 heavy (non-hydrogen) atoms. The van der Waals surface area contributed by atoms with E-state index in [0.717, 1.165) is 11.4 Å². The molecule has 0 saturated carbocycles. The first-order valence-corrected chi connectivity index (χ1v) is 6.40. The molecule has 3 heteroatoms. The van der Waals surface area contributed by atoms with Gasteiger partial charge in [-0.2, -0.15) is 0 Å². The molecule has 0 radical (unpaired) electrons. The van der Waals surface area contributed by atoms with Crippen LogP contribution < -0.4 is 5.32 Å². The molecule has 0 spiro atoms. The van der Waals surface area contributed by atoms with Crippen LogP contribution in [0.3, 0.4) is 0 Å². The quantitative estimate of drug-likeness (QED) is 0.910. The van der Waals surface area contributed by atoms with Gasteiger partial charge in [0.05, 0.1) is 0 Å². The highest BCUT2D eigenvalue weighted by atomic mass is 35.5. The maximum Gasteiger partial charge on any atom is 0.0409 e. The van der Waals surface area contributed by atoms with Crippen molar-refractivity contribution in [1.82, 2.24) is 10.3 Å². The number of halogens is 1. The van der Waals surface area contributed by atoms with Crippen LogP contribution in [0.4, 0.5) is 0 Å². The van der Waals surface area contributed by atoms with Gasteiger partial charge in [0.15, 0.2) is 0 Å². The van der Waals surface area contributed by atoms with E-state index in [1.807, 2.05) is 43.7 Å². The molecule has 0 aliphatic heterocycles. The van der Waals surface area contributed by atoms with Gasteiger partial charge in [0, 0.05) is 23.5 Å². The Kier molecular flexibility index (Phi) is 4.34. The second kappa shape index (κ2) is 5.98. The molecule has 0 aliphatic carbocycles. The lowest BCUT2D eigenvalue weighted by Crippen LogP contribution is -2.19. The molecular formula is C15H17ClN2. The molecule has 0 bridgehead atoms. The summed E-state index contributed by atoms with van der Waals surface area (Å²) >= 11 is 6.08. The summed E-state index contributed by atoms with van der Waals surface area (Å²) in [7, 11) is 1.98. The predicted octanol–water partition coefficient (Wildman–Crippen LogP) is 3.55. The molecule has 1 heterocycles. The minimum absolute atomic E-state index is 0.270. The molecular weight excluding hydrogens is 244 g/mol. The maximum atomic E-state index is 6.08. The van der Waals surface area contributed by atoms with Crippen LogP contribution in [0.15, 0.2) is 42.7 Å². The first-order chi connectivity index (χ1) is 8.70. The van der Waals surface area contributed by atoms with Crippen LogP contribution in [0.2, 0.25) is 5.02 Å². The van der Waals surface area contributed by atoms with Crippen molar-refractivity contribution in [1.29, 1.82) is 0 Å². The van der Waals surface area contributed by atoms with Crippen molar-refractivity contribution < 1.29 is 0 Å². The summed E-state index contributed by atoms with van der Waals surface area (Å²) in [6.07, 6.45) is 4.58. The van der Waals surface area contributed by atoms with Gasteiger partial charge in [-0.3, -0.25) is 4.98 Å². The molecule has 0 aliphatic rings. The Bertz CT molecular complexity index is 511. The second-order valence-electron chi connectivity index (χ2n) is 4.40. The third-order valence-corrected chi connectivity index (χ3v) is 3.39. The lowest BCUT2D eigenvalue weighted by atomic mass is 9.96. The van der Waals surface area contributed by atoms with Crippen molar-refractivity contribution in [3.63, 3.8) is 0 Å². The third-order valence-electron chi connectivity index (χ3n) is 3.15. The number of hydrogen-bond acceptors (Lipinski definition) is 2. The highest BCUT2D eigenvalue weighted by Crippen LogP contribution is 2.24. The van der Waals surface area contributed by atoms with Gasteiger partial charge in [-0.1, -0.05) is 17.7 Å². The van der Waals surface area contributed by atoms with Gasteiger partial charge < -0.3 is 5.32 Å². The molecule has 2 nitrogen and oxygen atoms in total. The highest BCUT2D eigenvalue weighted by molar-refractivity contribution is 6.30. The van der Waals surface area contributed by atoms with Crippen molar-refractivity contribution in [3.05, 3.63) is 64.4 Å². The van der Waals surface area contributed by atoms with Crippen LogP contribution in [0.25, 0.3) is 0 Å². The monoisotopic (exact) mass is 260 g/mol. The van der Waals surface area contributed by atoms with Crippen LogP contribution >= 0.6 is 11.6 Å². The van der Waals surface area contributed by atoms with Crippen LogP contribution in [0, 0.1) is 6.92 Å². The van der Waals surface area contributed by atoms with Gasteiger partial charge in [0.25, 0.3) is 0 Å². The summed E-state index contributed by atoms with van der Waals surface area (Å²) in [5.41, 5.74) is 3.78. The van der Waals surface area contributed by atoms with Crippen LogP contribution in [-0.2, 0) is 6.42 Å². The third kappa shape index (κ3) is 3.09. The second-order valence-corrected chi connectivity index (χ2v) is 4.84. The van der Waals surface area contributed by atoms with E-state index in [0.29, 0.717) is 0 Å². The zero-order valence-corrected chi connectivity index (χ0v) is 11.4. The number of rotatable bonds is 4. The summed E-state index contributed by atoms with van der Waals surface area (Å²) in [4.78, 5) is 4.04. The van der Waals surface area contributed by atoms with Crippen molar-refractivity contribution in [2.45, 2.75) is 19.4 Å². The number of nitrogens with one attached hydrogen (secondary N) is 1. The number of benzene rings is 1. The summed E-state index contributed by atoms with van der Waals surface area (Å²) in [5, 5.41) is 4.14. The Morgan fingerprint density at radius 3 is 2.61 bits per heavy atom. The van der Waals surface area contributed by atoms with E-state index in [9.17, 15) is 0 Å². The number of pyridine rings is 1. The standard InChI is InChI=1S/C15H17ClN2/c1-11-3-4-13(16)10-14(11)15(17-2)9-12-5-7-18-8-6-12/h3-8,10,15,17H,9H2,1-2H3. The highest BCUT2D eigenvalue weighted by Gasteiger charge is 2.12. The fourth-order valence-corrected chi connectivity index (χ4v) is 2.29. The number of likely N-dealkylation sites (N-methyl/N-ethyl adjacent to an activating group) is 1. The Hall–Kier alpha value is -1.38. The minimum atomic E-state index is 0.270. The summed E-state index contributed by atoms with van der Waals surface area (Å²) < 4.78 is 0. The van der Waals surface area contributed by atoms with Gasteiger partial charge in [-0.15, -0.1) is 0 Å². The summed E-state index contributed by atoms with van der Waals surface area (Å²) in [6.45, 7) is 2.11. The zero-order chi connectivity index (χ0) is 13.0. The predicted molar refractivity (Wildman–Crippen MR) is 75.9 cm³/mol. The molecule has 1 aromatic carbocycles. The largest absolute Gasteiger partial charge is 0.313 e. The number of nitrogens with zero attached hydrogens (tertiary/aromatic N) is 1. The molecule has 1 aromatic heterocycles. The fraction of sp³-hybridized carbons (Fsp3) is 0.267. The van der Waals surface area contributed by atoms with E-state index in [1.54, 1.807) is 0 Å². The van der Waals surface area contributed by atoms with Gasteiger partial charge in [-0.05, 0) is 61.3 Å². The Balaban J connectivity index is 2.26.